The van der Waals surface area contributed by atoms with Crippen molar-refractivity contribution in [3.05, 3.63) is 28.7 Å². The molecule has 3 atom stereocenters. The number of anilines is 1. The maximum absolute atomic E-state index is 11.1. The SMILES string of the molecule is CCOC1CC(Nc2ccc3oc(=O)[nH]c3c2)C1OC. The Kier molecular flexibility index (Phi) is 3.50. The molecule has 0 aliphatic heterocycles. The van der Waals surface area contributed by atoms with Crippen molar-refractivity contribution in [3.63, 3.8) is 0 Å². The van der Waals surface area contributed by atoms with Crippen LogP contribution in [0.15, 0.2) is 27.4 Å². The van der Waals surface area contributed by atoms with Crippen molar-refractivity contribution in [3.8, 4) is 0 Å². The number of hydrogen-bond acceptors (Lipinski definition) is 5. The lowest BCUT2D eigenvalue weighted by molar-refractivity contribution is -0.118. The highest BCUT2D eigenvalue weighted by Crippen LogP contribution is 2.30. The van der Waals surface area contributed by atoms with Gasteiger partial charge >= 0.3 is 5.76 Å². The summed E-state index contributed by atoms with van der Waals surface area (Å²) in [6.45, 7) is 2.68. The minimum Gasteiger partial charge on any atom is -0.408 e. The summed E-state index contributed by atoms with van der Waals surface area (Å²) in [5.74, 6) is -0.438. The maximum Gasteiger partial charge on any atom is 0.417 e. The van der Waals surface area contributed by atoms with E-state index in [4.69, 9.17) is 13.9 Å². The Hall–Kier alpha value is -1.79. The zero-order valence-corrected chi connectivity index (χ0v) is 11.5. The Morgan fingerprint density at radius 2 is 2.35 bits per heavy atom. The van der Waals surface area contributed by atoms with Crippen LogP contribution in [0, 0.1) is 0 Å². The number of ether oxygens (including phenoxy) is 2. The lowest BCUT2D eigenvalue weighted by Crippen LogP contribution is -2.56. The third-order valence-corrected chi connectivity index (χ3v) is 3.67. The van der Waals surface area contributed by atoms with Crippen LogP contribution in [0.1, 0.15) is 13.3 Å². The molecule has 1 fully saturated rings. The van der Waals surface area contributed by atoms with Gasteiger partial charge in [0.2, 0.25) is 0 Å². The van der Waals surface area contributed by atoms with Crippen molar-refractivity contribution >= 4 is 16.8 Å². The number of nitrogens with one attached hydrogen (secondary N) is 2. The molecule has 1 aromatic carbocycles. The van der Waals surface area contributed by atoms with E-state index in [0.29, 0.717) is 17.7 Å². The van der Waals surface area contributed by atoms with Crippen molar-refractivity contribution in [2.75, 3.05) is 19.0 Å². The van der Waals surface area contributed by atoms with Crippen LogP contribution >= 0.6 is 0 Å². The van der Waals surface area contributed by atoms with E-state index in [1.807, 2.05) is 19.1 Å². The largest absolute Gasteiger partial charge is 0.417 e. The van der Waals surface area contributed by atoms with Crippen LogP contribution in [0.25, 0.3) is 11.1 Å². The quantitative estimate of drug-likeness (QED) is 0.871. The number of aromatic nitrogens is 1. The number of H-pyrrole nitrogens is 1. The molecule has 0 spiro atoms. The molecule has 0 amide bonds. The second kappa shape index (κ2) is 5.30. The fourth-order valence-electron chi connectivity index (χ4n) is 2.67. The lowest BCUT2D eigenvalue weighted by Gasteiger charge is -2.43. The number of rotatable bonds is 5. The zero-order chi connectivity index (χ0) is 14.1. The predicted octanol–water partition coefficient (Wildman–Crippen LogP) is 1.73. The summed E-state index contributed by atoms with van der Waals surface area (Å²) in [6, 6.07) is 5.74. The molecule has 0 radical (unpaired) electrons. The smallest absolute Gasteiger partial charge is 0.408 e. The summed E-state index contributed by atoms with van der Waals surface area (Å²) in [4.78, 5) is 13.8. The van der Waals surface area contributed by atoms with Gasteiger partial charge in [-0.05, 0) is 31.5 Å². The van der Waals surface area contributed by atoms with Crippen LogP contribution in [0.2, 0.25) is 0 Å². The van der Waals surface area contributed by atoms with Crippen LogP contribution in [0.4, 0.5) is 5.69 Å². The normalized spacial score (nSPS) is 25.6. The Morgan fingerprint density at radius 1 is 1.50 bits per heavy atom. The van der Waals surface area contributed by atoms with Gasteiger partial charge in [0.25, 0.3) is 0 Å². The minimum absolute atomic E-state index is 0.0500. The number of oxazole rings is 1. The second-order valence-corrected chi connectivity index (χ2v) is 4.91. The molecule has 2 aromatic rings. The van der Waals surface area contributed by atoms with E-state index in [-0.39, 0.29) is 18.2 Å². The molecule has 0 bridgehead atoms. The van der Waals surface area contributed by atoms with E-state index in [1.54, 1.807) is 13.2 Å². The summed E-state index contributed by atoms with van der Waals surface area (Å²) in [7, 11) is 1.70. The van der Waals surface area contributed by atoms with Gasteiger partial charge in [0, 0.05) is 19.4 Å². The summed E-state index contributed by atoms with van der Waals surface area (Å²) < 4.78 is 16.0. The Balaban J connectivity index is 1.71. The minimum atomic E-state index is -0.438. The van der Waals surface area contributed by atoms with Gasteiger partial charge < -0.3 is 19.2 Å². The van der Waals surface area contributed by atoms with Gasteiger partial charge in [0.05, 0.1) is 17.7 Å². The zero-order valence-electron chi connectivity index (χ0n) is 11.5. The highest BCUT2D eigenvalue weighted by molar-refractivity contribution is 5.76. The van der Waals surface area contributed by atoms with E-state index in [2.05, 4.69) is 10.3 Å². The monoisotopic (exact) mass is 278 g/mol. The number of hydrogen-bond donors (Lipinski definition) is 2. The van der Waals surface area contributed by atoms with Crippen LogP contribution in [0.5, 0.6) is 0 Å². The van der Waals surface area contributed by atoms with Crippen molar-refractivity contribution in [2.45, 2.75) is 31.6 Å². The molecule has 1 aliphatic carbocycles. The molecule has 6 nitrogen and oxygen atoms in total. The molecule has 1 saturated carbocycles. The van der Waals surface area contributed by atoms with Gasteiger partial charge in [-0.1, -0.05) is 0 Å². The third kappa shape index (κ3) is 2.32. The molecular weight excluding hydrogens is 260 g/mol. The van der Waals surface area contributed by atoms with E-state index < -0.39 is 5.76 Å². The fourth-order valence-corrected chi connectivity index (χ4v) is 2.67. The topological polar surface area (TPSA) is 76.5 Å². The molecule has 0 saturated heterocycles. The van der Waals surface area contributed by atoms with Crippen LogP contribution in [-0.2, 0) is 9.47 Å². The van der Waals surface area contributed by atoms with Crippen molar-refractivity contribution in [1.29, 1.82) is 0 Å². The molecule has 3 rings (SSSR count). The van der Waals surface area contributed by atoms with Crippen molar-refractivity contribution < 1.29 is 13.9 Å². The van der Waals surface area contributed by atoms with E-state index in [0.717, 1.165) is 12.1 Å². The molecule has 3 unspecified atom stereocenters. The van der Waals surface area contributed by atoms with E-state index in [1.165, 1.54) is 0 Å². The van der Waals surface area contributed by atoms with E-state index in [9.17, 15) is 4.79 Å². The van der Waals surface area contributed by atoms with Crippen LogP contribution < -0.4 is 11.1 Å². The van der Waals surface area contributed by atoms with Gasteiger partial charge in [-0.25, -0.2) is 4.79 Å². The molecule has 1 aliphatic rings. The van der Waals surface area contributed by atoms with Gasteiger partial charge in [0.1, 0.15) is 6.10 Å². The van der Waals surface area contributed by atoms with Gasteiger partial charge in [-0.15, -0.1) is 0 Å². The van der Waals surface area contributed by atoms with Gasteiger partial charge in [-0.2, -0.15) is 0 Å². The first-order valence-electron chi connectivity index (χ1n) is 6.75. The molecular formula is C14H18N2O4. The first kappa shape index (κ1) is 13.2. The van der Waals surface area contributed by atoms with Crippen LogP contribution in [-0.4, -0.2) is 37.0 Å². The number of methoxy groups -OCH3 is 1. The molecule has 1 aromatic heterocycles. The molecule has 1 heterocycles. The highest BCUT2D eigenvalue weighted by Gasteiger charge is 2.42. The third-order valence-electron chi connectivity index (χ3n) is 3.67. The van der Waals surface area contributed by atoms with E-state index >= 15 is 0 Å². The summed E-state index contributed by atoms with van der Waals surface area (Å²) in [6.07, 6.45) is 1.11. The first-order valence-corrected chi connectivity index (χ1v) is 6.75. The summed E-state index contributed by atoms with van der Waals surface area (Å²) in [5.41, 5.74) is 2.18. The summed E-state index contributed by atoms with van der Waals surface area (Å²) >= 11 is 0. The molecule has 6 heteroatoms. The number of aromatic amines is 1. The van der Waals surface area contributed by atoms with Crippen molar-refractivity contribution in [1.82, 2.24) is 4.98 Å². The second-order valence-electron chi connectivity index (χ2n) is 4.91. The van der Waals surface area contributed by atoms with Crippen molar-refractivity contribution in [2.24, 2.45) is 0 Å². The molecule has 2 N–H and O–H groups in total. The number of benzene rings is 1. The Morgan fingerprint density at radius 3 is 3.10 bits per heavy atom. The van der Waals surface area contributed by atoms with Gasteiger partial charge in [-0.3, -0.25) is 4.98 Å². The molecule has 20 heavy (non-hydrogen) atoms. The summed E-state index contributed by atoms with van der Waals surface area (Å²) in [5, 5.41) is 3.40. The number of fused-ring (bicyclic) bond motifs is 1. The average Bonchev–Trinajstić information content (AvgIpc) is 2.77. The molecule has 108 valence electrons. The lowest BCUT2D eigenvalue weighted by atomic mass is 9.85. The average molecular weight is 278 g/mol. The first-order chi connectivity index (χ1) is 9.71. The van der Waals surface area contributed by atoms with Crippen LogP contribution in [0.3, 0.4) is 0 Å². The Bertz CT molecular complexity index is 648. The standard InChI is InChI=1S/C14H18N2O4/c1-3-19-12-7-10(13(12)18-2)15-8-4-5-11-9(6-8)16-14(17)20-11/h4-6,10,12-13,15H,3,7H2,1-2H3,(H,16,17). The maximum atomic E-state index is 11.1. The van der Waals surface area contributed by atoms with Gasteiger partial charge in [0.15, 0.2) is 5.58 Å². The fraction of sp³-hybridized carbons (Fsp3) is 0.500. The predicted molar refractivity (Wildman–Crippen MR) is 75.1 cm³/mol. The Labute approximate surface area is 116 Å². The highest BCUT2D eigenvalue weighted by atomic mass is 16.5.